The summed E-state index contributed by atoms with van der Waals surface area (Å²) in [5.74, 6) is 1.07. The second-order valence-corrected chi connectivity index (χ2v) is 6.10. The van der Waals surface area contributed by atoms with E-state index in [0.29, 0.717) is 18.3 Å². The summed E-state index contributed by atoms with van der Waals surface area (Å²) in [4.78, 5) is 12.4. The number of fused-ring (bicyclic) bond motifs is 2. The maximum absolute atomic E-state index is 12.4. The highest BCUT2D eigenvalue weighted by Gasteiger charge is 2.49. The number of hydrogen-bond acceptors (Lipinski definition) is 3. The van der Waals surface area contributed by atoms with Crippen LogP contribution < -0.4 is 11.1 Å². The van der Waals surface area contributed by atoms with Crippen molar-refractivity contribution in [3.8, 4) is 0 Å². The third-order valence-corrected chi connectivity index (χ3v) is 4.91. The van der Waals surface area contributed by atoms with Gasteiger partial charge in [0, 0.05) is 18.3 Å². The molecule has 2 aliphatic carbocycles. The summed E-state index contributed by atoms with van der Waals surface area (Å²) < 4.78 is 0. The molecule has 0 spiro atoms. The van der Waals surface area contributed by atoms with Crippen molar-refractivity contribution in [1.29, 1.82) is 0 Å². The summed E-state index contributed by atoms with van der Waals surface area (Å²) >= 11 is 0. The van der Waals surface area contributed by atoms with Crippen molar-refractivity contribution >= 4 is 11.6 Å². The van der Waals surface area contributed by atoms with E-state index < -0.39 is 0 Å². The third-order valence-electron chi connectivity index (χ3n) is 4.91. The van der Waals surface area contributed by atoms with Gasteiger partial charge in [-0.3, -0.25) is 4.79 Å². The summed E-state index contributed by atoms with van der Waals surface area (Å²) in [5, 5.41) is 11.9. The summed E-state index contributed by atoms with van der Waals surface area (Å²) in [6.07, 6.45) is 4.09. The fraction of sp³-hybridized carbons (Fsp3) is 0.562. The normalized spacial score (nSPS) is 31.5. The second-order valence-electron chi connectivity index (χ2n) is 6.10. The van der Waals surface area contributed by atoms with Crippen molar-refractivity contribution in [3.05, 3.63) is 29.8 Å². The topological polar surface area (TPSA) is 75.4 Å². The Labute approximate surface area is 119 Å². The van der Waals surface area contributed by atoms with Gasteiger partial charge in [0.2, 0.25) is 5.91 Å². The number of amides is 1. The first-order chi connectivity index (χ1) is 9.69. The van der Waals surface area contributed by atoms with Crippen LogP contribution in [-0.2, 0) is 11.2 Å². The Balaban J connectivity index is 1.64. The first-order valence-electron chi connectivity index (χ1n) is 7.45. The quantitative estimate of drug-likeness (QED) is 0.779. The van der Waals surface area contributed by atoms with Gasteiger partial charge in [-0.05, 0) is 55.2 Å². The van der Waals surface area contributed by atoms with Gasteiger partial charge in [-0.25, -0.2) is 0 Å². The molecule has 0 saturated heterocycles. The molecule has 2 bridgehead atoms. The molecule has 4 atom stereocenters. The minimum Gasteiger partial charge on any atom is -0.396 e. The van der Waals surface area contributed by atoms with Gasteiger partial charge in [0.25, 0.3) is 0 Å². The highest BCUT2D eigenvalue weighted by Crippen LogP contribution is 2.47. The van der Waals surface area contributed by atoms with E-state index in [0.717, 1.165) is 24.1 Å². The van der Waals surface area contributed by atoms with Crippen LogP contribution >= 0.6 is 0 Å². The highest BCUT2D eigenvalue weighted by molar-refractivity contribution is 5.93. The number of anilines is 1. The van der Waals surface area contributed by atoms with Crippen molar-refractivity contribution in [3.63, 3.8) is 0 Å². The zero-order valence-corrected chi connectivity index (χ0v) is 11.6. The number of carbonyl (C=O) groups excluding carboxylic acids is 1. The molecule has 4 nitrogen and oxygen atoms in total. The van der Waals surface area contributed by atoms with Crippen molar-refractivity contribution in [1.82, 2.24) is 0 Å². The smallest absolute Gasteiger partial charge is 0.229 e. The number of aliphatic hydroxyl groups excluding tert-OH is 1. The van der Waals surface area contributed by atoms with Gasteiger partial charge in [0.15, 0.2) is 0 Å². The first kappa shape index (κ1) is 13.6. The molecule has 2 fully saturated rings. The van der Waals surface area contributed by atoms with Crippen LogP contribution in [-0.4, -0.2) is 23.7 Å². The summed E-state index contributed by atoms with van der Waals surface area (Å²) in [7, 11) is 0. The largest absolute Gasteiger partial charge is 0.396 e. The number of aliphatic hydroxyl groups is 1. The number of benzene rings is 1. The number of hydrogen-bond donors (Lipinski definition) is 3. The lowest BCUT2D eigenvalue weighted by atomic mass is 9.84. The first-order valence-corrected chi connectivity index (χ1v) is 7.45. The molecule has 0 aromatic heterocycles. The van der Waals surface area contributed by atoms with E-state index in [4.69, 9.17) is 10.8 Å². The predicted molar refractivity (Wildman–Crippen MR) is 78.2 cm³/mol. The predicted octanol–water partition coefficient (Wildman–Crippen LogP) is 1.53. The standard InChI is InChI=1S/C16H22N2O2/c17-15-12-4-3-11(9-12)14(15)16(20)18-13-5-1-10(2-6-13)7-8-19/h1-2,5-6,11-12,14-15,19H,3-4,7-9,17H2,(H,18,20). The maximum Gasteiger partial charge on any atom is 0.229 e. The van der Waals surface area contributed by atoms with Crippen LogP contribution in [0.25, 0.3) is 0 Å². The summed E-state index contributed by atoms with van der Waals surface area (Å²) in [5.41, 5.74) is 8.08. The average molecular weight is 274 g/mol. The Bertz CT molecular complexity index is 484. The number of nitrogens with two attached hydrogens (primary N) is 1. The van der Waals surface area contributed by atoms with E-state index in [1.165, 1.54) is 6.42 Å². The number of carbonyl (C=O) groups is 1. The van der Waals surface area contributed by atoms with E-state index in [9.17, 15) is 4.79 Å². The van der Waals surface area contributed by atoms with Crippen molar-refractivity contribution in [2.24, 2.45) is 23.5 Å². The van der Waals surface area contributed by atoms with Crippen molar-refractivity contribution in [2.75, 3.05) is 11.9 Å². The van der Waals surface area contributed by atoms with Crippen LogP contribution in [0.3, 0.4) is 0 Å². The molecule has 2 aliphatic rings. The minimum atomic E-state index is -0.0223. The van der Waals surface area contributed by atoms with Gasteiger partial charge in [0.05, 0.1) is 5.92 Å². The number of rotatable bonds is 4. The lowest BCUT2D eigenvalue weighted by Gasteiger charge is -2.27. The van der Waals surface area contributed by atoms with Gasteiger partial charge >= 0.3 is 0 Å². The Hall–Kier alpha value is -1.39. The second kappa shape index (κ2) is 5.54. The Morgan fingerprint density at radius 1 is 1.25 bits per heavy atom. The van der Waals surface area contributed by atoms with E-state index in [1.54, 1.807) is 0 Å². The van der Waals surface area contributed by atoms with E-state index in [-0.39, 0.29) is 24.5 Å². The number of nitrogens with one attached hydrogen (secondary N) is 1. The van der Waals surface area contributed by atoms with Crippen LogP contribution in [0, 0.1) is 17.8 Å². The molecule has 4 N–H and O–H groups in total. The fourth-order valence-corrected chi connectivity index (χ4v) is 3.83. The van der Waals surface area contributed by atoms with Crippen LogP contribution in [0.5, 0.6) is 0 Å². The van der Waals surface area contributed by atoms with E-state index in [1.807, 2.05) is 24.3 Å². The fourth-order valence-electron chi connectivity index (χ4n) is 3.83. The van der Waals surface area contributed by atoms with Gasteiger partial charge in [-0.2, -0.15) is 0 Å². The SMILES string of the molecule is NC1C2CCC(C2)C1C(=O)Nc1ccc(CCO)cc1. The molecule has 0 aliphatic heterocycles. The summed E-state index contributed by atoms with van der Waals surface area (Å²) in [6.45, 7) is 0.145. The lowest BCUT2D eigenvalue weighted by Crippen LogP contribution is -2.42. The Kier molecular flexibility index (Phi) is 3.76. The monoisotopic (exact) mass is 274 g/mol. The Morgan fingerprint density at radius 3 is 2.55 bits per heavy atom. The van der Waals surface area contributed by atoms with E-state index in [2.05, 4.69) is 5.32 Å². The zero-order chi connectivity index (χ0) is 14.1. The highest BCUT2D eigenvalue weighted by atomic mass is 16.2. The molecule has 0 heterocycles. The van der Waals surface area contributed by atoms with Gasteiger partial charge in [-0.15, -0.1) is 0 Å². The molecule has 2 saturated carbocycles. The molecule has 1 amide bonds. The average Bonchev–Trinajstić information content (AvgIpc) is 3.02. The van der Waals surface area contributed by atoms with Gasteiger partial charge < -0.3 is 16.2 Å². The van der Waals surface area contributed by atoms with Crippen LogP contribution in [0.2, 0.25) is 0 Å². The molecule has 4 heteroatoms. The Morgan fingerprint density at radius 2 is 1.95 bits per heavy atom. The van der Waals surface area contributed by atoms with Crippen LogP contribution in [0.4, 0.5) is 5.69 Å². The molecular formula is C16H22N2O2. The third kappa shape index (κ3) is 2.45. The van der Waals surface area contributed by atoms with Gasteiger partial charge in [-0.1, -0.05) is 12.1 Å². The van der Waals surface area contributed by atoms with E-state index >= 15 is 0 Å². The van der Waals surface area contributed by atoms with Crippen molar-refractivity contribution in [2.45, 2.75) is 31.7 Å². The maximum atomic E-state index is 12.4. The molecule has 1 aromatic carbocycles. The molecule has 0 radical (unpaired) electrons. The minimum absolute atomic E-state index is 0.0223. The van der Waals surface area contributed by atoms with Crippen molar-refractivity contribution < 1.29 is 9.90 Å². The molecule has 20 heavy (non-hydrogen) atoms. The van der Waals surface area contributed by atoms with Crippen LogP contribution in [0.1, 0.15) is 24.8 Å². The molecule has 1 aromatic rings. The summed E-state index contributed by atoms with van der Waals surface area (Å²) in [6, 6.07) is 7.69. The molecule has 108 valence electrons. The van der Waals surface area contributed by atoms with Crippen LogP contribution in [0.15, 0.2) is 24.3 Å². The molecule has 3 rings (SSSR count). The molecule has 4 unspecified atom stereocenters. The lowest BCUT2D eigenvalue weighted by molar-refractivity contribution is -0.121. The zero-order valence-electron chi connectivity index (χ0n) is 11.6. The van der Waals surface area contributed by atoms with Gasteiger partial charge in [0.1, 0.15) is 0 Å². The molecular weight excluding hydrogens is 252 g/mol.